The van der Waals surface area contributed by atoms with Crippen molar-refractivity contribution in [3.8, 4) is 0 Å². The van der Waals surface area contributed by atoms with E-state index in [0.717, 1.165) is 6.42 Å². The Kier molecular flexibility index (Phi) is 7.63. The summed E-state index contributed by atoms with van der Waals surface area (Å²) >= 11 is 0. The molecule has 0 unspecified atom stereocenters. The van der Waals surface area contributed by atoms with Crippen LogP contribution in [0.1, 0.15) is 19.8 Å². The first-order valence-electron chi connectivity index (χ1n) is 4.64. The fourth-order valence-corrected chi connectivity index (χ4v) is 1.61. The Labute approximate surface area is 83.4 Å². The van der Waals surface area contributed by atoms with E-state index < -0.39 is 0 Å². The Bertz CT molecular complexity index is 228. The lowest BCUT2D eigenvalue weighted by molar-refractivity contribution is 1.07. The second kappa shape index (κ2) is 8.01. The first-order valence-corrected chi connectivity index (χ1v) is 6.95. The lowest BCUT2D eigenvalue weighted by atomic mass is 10.1. The van der Waals surface area contributed by atoms with Crippen LogP contribution in [0.15, 0.2) is 36.5 Å². The predicted octanol–water partition coefficient (Wildman–Crippen LogP) is 4.00. The molecule has 0 aliphatic heterocycles. The van der Waals surface area contributed by atoms with Crippen molar-refractivity contribution in [3.63, 3.8) is 0 Å². The first-order chi connectivity index (χ1) is 6.20. The van der Waals surface area contributed by atoms with Gasteiger partial charge in [-0.3, -0.25) is 0 Å². The number of rotatable bonds is 5. The minimum atomic E-state index is 0.146. The van der Waals surface area contributed by atoms with Gasteiger partial charge in [0.05, 0.1) is 26.7 Å². The highest BCUT2D eigenvalue weighted by Crippen LogP contribution is 2.12. The molecule has 0 aromatic carbocycles. The molecule has 0 aliphatic rings. The minimum Gasteiger partial charge on any atom is -0.0988 e. The predicted molar refractivity (Wildman–Crippen MR) is 67.2 cm³/mol. The van der Waals surface area contributed by atoms with Gasteiger partial charge in [-0.05, 0) is 18.9 Å². The highest BCUT2D eigenvalue weighted by atomic mass is 31.1. The molecule has 0 saturated carbocycles. The van der Waals surface area contributed by atoms with Gasteiger partial charge in [-0.15, -0.1) is 0 Å². The number of allylic oxidation sites excluding steroid dienone is 5. The van der Waals surface area contributed by atoms with E-state index in [1.165, 1.54) is 12.0 Å². The molecule has 1 heteroatoms. The van der Waals surface area contributed by atoms with Crippen molar-refractivity contribution in [3.05, 3.63) is 36.5 Å². The molecule has 0 aromatic heterocycles. The van der Waals surface area contributed by atoms with Gasteiger partial charge < -0.3 is 0 Å². The molecule has 0 nitrogen and oxygen atoms in total. The van der Waals surface area contributed by atoms with Crippen molar-refractivity contribution >= 4 is 13.3 Å². The minimum absolute atomic E-state index is 0.146. The lowest BCUT2D eigenvalue weighted by Gasteiger charge is -1.94. The van der Waals surface area contributed by atoms with Gasteiger partial charge in [0.1, 0.15) is 0 Å². The average Bonchev–Trinajstić information content (AvgIpc) is 2.10. The van der Waals surface area contributed by atoms with Crippen LogP contribution in [-0.2, 0) is 0 Å². The summed E-state index contributed by atoms with van der Waals surface area (Å²) in [7, 11) is 0.146. The maximum absolute atomic E-state index is 3.80. The van der Waals surface area contributed by atoms with Crippen LogP contribution in [0, 0.1) is 0 Å². The zero-order valence-electron chi connectivity index (χ0n) is 8.96. The summed E-state index contributed by atoms with van der Waals surface area (Å²) in [6.07, 6.45) is 10.5. The maximum Gasteiger partial charge on any atom is 0.0953 e. The van der Waals surface area contributed by atoms with Gasteiger partial charge >= 0.3 is 0 Å². The Hall–Kier alpha value is -0.610. The molecule has 0 amide bonds. The molecule has 13 heavy (non-hydrogen) atoms. The van der Waals surface area contributed by atoms with Crippen molar-refractivity contribution in [2.75, 3.05) is 13.3 Å². The van der Waals surface area contributed by atoms with Gasteiger partial charge in [-0.2, -0.15) is 0 Å². The molecule has 0 heterocycles. The highest BCUT2D eigenvalue weighted by Gasteiger charge is 1.92. The van der Waals surface area contributed by atoms with E-state index in [1.54, 1.807) is 0 Å². The summed E-state index contributed by atoms with van der Waals surface area (Å²) in [5.74, 6) is 2.41. The van der Waals surface area contributed by atoms with E-state index in [-0.39, 0.29) is 7.55 Å². The van der Waals surface area contributed by atoms with Crippen LogP contribution in [0.3, 0.4) is 0 Å². The third-order valence-corrected chi connectivity index (χ3v) is 2.68. The normalized spacial score (nSPS) is 11.8. The largest absolute Gasteiger partial charge is 0.0988 e. The van der Waals surface area contributed by atoms with Gasteiger partial charge in [-0.25, -0.2) is 0 Å². The molecule has 0 saturated heterocycles. The van der Waals surface area contributed by atoms with Gasteiger partial charge in [0.15, 0.2) is 0 Å². The molecule has 0 rings (SSSR count). The standard InChI is InChI=1S/C12H20P/c1-5-7-9-12(6-2)10-8-11-13(3)4/h5-7,9,11H,2,8,10H2,1,3-4H3/q+1/b7-5+,12-9+. The first kappa shape index (κ1) is 12.4. The zero-order chi connectivity index (χ0) is 10.1. The highest BCUT2D eigenvalue weighted by molar-refractivity contribution is 7.55. The molecule has 0 radical (unpaired) electrons. The van der Waals surface area contributed by atoms with E-state index in [1.807, 2.05) is 19.1 Å². The summed E-state index contributed by atoms with van der Waals surface area (Å²) in [5.41, 5.74) is 1.33. The quantitative estimate of drug-likeness (QED) is 0.459. The molecule has 0 aliphatic carbocycles. The molecule has 72 valence electrons. The van der Waals surface area contributed by atoms with E-state index in [4.69, 9.17) is 0 Å². The monoisotopic (exact) mass is 195 g/mol. The number of hydrogen-bond donors (Lipinski definition) is 0. The topological polar surface area (TPSA) is 0 Å². The Morgan fingerprint density at radius 3 is 2.54 bits per heavy atom. The van der Waals surface area contributed by atoms with Gasteiger partial charge in [0, 0.05) is 6.42 Å². The summed E-state index contributed by atoms with van der Waals surface area (Å²) in [4.78, 5) is 0. The molecule has 0 bridgehead atoms. The molecule has 0 N–H and O–H groups in total. The van der Waals surface area contributed by atoms with Gasteiger partial charge in [-0.1, -0.05) is 30.9 Å². The van der Waals surface area contributed by atoms with E-state index in [9.17, 15) is 0 Å². The van der Waals surface area contributed by atoms with Crippen molar-refractivity contribution in [2.45, 2.75) is 19.8 Å². The van der Waals surface area contributed by atoms with Crippen LogP contribution in [-0.4, -0.2) is 19.1 Å². The summed E-state index contributed by atoms with van der Waals surface area (Å²) < 4.78 is 0. The fourth-order valence-electron chi connectivity index (χ4n) is 0.963. The summed E-state index contributed by atoms with van der Waals surface area (Å²) in [5, 5.41) is 0. The Balaban J connectivity index is 4.00. The Morgan fingerprint density at radius 1 is 1.38 bits per heavy atom. The van der Waals surface area contributed by atoms with Crippen LogP contribution in [0.2, 0.25) is 0 Å². The Morgan fingerprint density at radius 2 is 2.08 bits per heavy atom. The van der Waals surface area contributed by atoms with E-state index in [2.05, 4.69) is 37.9 Å². The van der Waals surface area contributed by atoms with Crippen LogP contribution in [0.25, 0.3) is 0 Å². The van der Waals surface area contributed by atoms with Crippen molar-refractivity contribution in [2.24, 2.45) is 0 Å². The lowest BCUT2D eigenvalue weighted by Crippen LogP contribution is -1.80. The third-order valence-electron chi connectivity index (χ3n) is 1.69. The van der Waals surface area contributed by atoms with Crippen LogP contribution in [0.4, 0.5) is 0 Å². The second-order valence-corrected chi connectivity index (χ2v) is 5.45. The molecule has 0 atom stereocenters. The average molecular weight is 195 g/mol. The van der Waals surface area contributed by atoms with Crippen molar-refractivity contribution in [1.82, 2.24) is 0 Å². The smallest absolute Gasteiger partial charge is 0.0953 e. The van der Waals surface area contributed by atoms with Crippen molar-refractivity contribution in [1.29, 1.82) is 0 Å². The third kappa shape index (κ3) is 7.74. The summed E-state index contributed by atoms with van der Waals surface area (Å²) in [6, 6.07) is 0. The fraction of sp³-hybridized carbons (Fsp3) is 0.417. The van der Waals surface area contributed by atoms with Crippen LogP contribution < -0.4 is 0 Å². The molecule has 0 fully saturated rings. The number of hydrogen-bond acceptors (Lipinski definition) is 0. The maximum atomic E-state index is 3.80. The van der Waals surface area contributed by atoms with Gasteiger partial charge in [0.2, 0.25) is 0 Å². The zero-order valence-corrected chi connectivity index (χ0v) is 9.85. The molecular weight excluding hydrogens is 175 g/mol. The van der Waals surface area contributed by atoms with Gasteiger partial charge in [0.25, 0.3) is 0 Å². The molecule has 0 aromatic rings. The van der Waals surface area contributed by atoms with Crippen LogP contribution >= 0.6 is 7.55 Å². The second-order valence-electron chi connectivity index (χ2n) is 3.16. The summed E-state index contributed by atoms with van der Waals surface area (Å²) in [6.45, 7) is 10.4. The molecular formula is C12H20P+. The van der Waals surface area contributed by atoms with E-state index in [0.29, 0.717) is 0 Å². The SMILES string of the molecule is C=C/C(=C\C=C\C)CCC=[P+](C)C. The van der Waals surface area contributed by atoms with Crippen molar-refractivity contribution < 1.29 is 0 Å². The molecule has 0 spiro atoms. The van der Waals surface area contributed by atoms with E-state index >= 15 is 0 Å². The van der Waals surface area contributed by atoms with Crippen LogP contribution in [0.5, 0.6) is 0 Å².